The Labute approximate surface area is 229 Å². The van der Waals surface area contributed by atoms with Gasteiger partial charge in [0, 0.05) is 53.8 Å². The third-order valence-corrected chi connectivity index (χ3v) is 3.30. The van der Waals surface area contributed by atoms with Gasteiger partial charge in [0.05, 0.1) is 0 Å². The summed E-state index contributed by atoms with van der Waals surface area (Å²) in [5.74, 6) is 59.0. The third-order valence-electron chi connectivity index (χ3n) is 3.30. The zero-order valence-corrected chi connectivity index (χ0v) is 21.8. The average Bonchev–Trinajstić information content (AvgIpc) is 2.87. The first kappa shape index (κ1) is 33.9. The fraction of sp³-hybridized carbons (Fsp3) is 0.216. The van der Waals surface area contributed by atoms with Gasteiger partial charge in [-0.2, -0.15) is 0 Å². The molecule has 0 spiro atoms. The molecule has 0 aliphatic rings. The van der Waals surface area contributed by atoms with Gasteiger partial charge in [-0.1, -0.05) is 18.6 Å². The highest BCUT2D eigenvalue weighted by molar-refractivity contribution is 5.75. The molecule has 0 heterocycles. The summed E-state index contributed by atoms with van der Waals surface area (Å²) in [4.78, 5) is 10.7. The molecule has 176 valence electrons. The number of hydrogen-bond donors (Lipinski definition) is 0. The quantitative estimate of drug-likeness (QED) is 0.432. The highest BCUT2D eigenvalue weighted by atomic mass is 16.1. The van der Waals surface area contributed by atoms with E-state index in [1.165, 1.54) is 5.57 Å². The summed E-state index contributed by atoms with van der Waals surface area (Å²) in [5.41, 5.74) is 1.37. The molecule has 0 aromatic rings. The molecule has 0 radical (unpaired) electrons. The fourth-order valence-electron chi connectivity index (χ4n) is 1.95. The van der Waals surface area contributed by atoms with E-state index in [-0.39, 0.29) is 0 Å². The Bertz CT molecular complexity index is 1550. The van der Waals surface area contributed by atoms with Gasteiger partial charge in [-0.15, -0.1) is 12.8 Å². The van der Waals surface area contributed by atoms with Crippen LogP contribution in [-0.2, 0) is 4.79 Å². The van der Waals surface area contributed by atoms with Crippen LogP contribution in [0, 0.1) is 161 Å². The summed E-state index contributed by atoms with van der Waals surface area (Å²) >= 11 is 0. The lowest BCUT2D eigenvalue weighted by Crippen LogP contribution is -2.00. The first-order chi connectivity index (χ1) is 18.4. The highest BCUT2D eigenvalue weighted by Crippen LogP contribution is 2.11. The van der Waals surface area contributed by atoms with Gasteiger partial charge < -0.3 is 4.79 Å². The maximum atomic E-state index is 10.7. The first-order valence-electron chi connectivity index (χ1n) is 11.0. The van der Waals surface area contributed by atoms with Crippen LogP contribution in [0.2, 0.25) is 0 Å². The van der Waals surface area contributed by atoms with Crippen molar-refractivity contribution in [2.45, 2.75) is 47.0 Å². The van der Waals surface area contributed by atoms with Crippen molar-refractivity contribution in [2.75, 3.05) is 0 Å². The van der Waals surface area contributed by atoms with E-state index in [2.05, 4.69) is 169 Å². The summed E-state index contributed by atoms with van der Waals surface area (Å²) in [6, 6.07) is 0. The van der Waals surface area contributed by atoms with E-state index in [4.69, 9.17) is 12.8 Å². The van der Waals surface area contributed by atoms with E-state index in [1.54, 1.807) is 6.92 Å². The molecule has 38 heavy (non-hydrogen) atoms. The summed E-state index contributed by atoms with van der Waals surface area (Å²) in [7, 11) is 0. The minimum atomic E-state index is 0.305. The molecule has 0 saturated heterocycles. The predicted octanol–water partition coefficient (Wildman–Crippen LogP) is 3.64. The molecule has 0 fully saturated rings. The van der Waals surface area contributed by atoms with Gasteiger partial charge in [0.2, 0.25) is 0 Å². The molecular weight excluding hydrogens is 460 g/mol. The van der Waals surface area contributed by atoms with Crippen LogP contribution in [0.5, 0.6) is 0 Å². The number of Topliss-reactive ketones (excluding diaryl/α,β-unsaturated/α-hetero) is 1. The molecule has 0 aromatic carbocycles. The summed E-state index contributed by atoms with van der Waals surface area (Å²) in [6.07, 6.45) is 15.0. The van der Waals surface area contributed by atoms with Crippen molar-refractivity contribution in [2.24, 2.45) is 5.92 Å². The lowest BCUT2D eigenvalue weighted by atomic mass is 9.99. The molecule has 0 aliphatic heterocycles. The molecule has 0 unspecified atom stereocenters. The largest absolute Gasteiger partial charge is 0.300 e. The van der Waals surface area contributed by atoms with E-state index >= 15 is 0 Å². The number of hydrogen-bond acceptors (Lipinski definition) is 1. The maximum absolute atomic E-state index is 10.7. The Morgan fingerprint density at radius 3 is 1.03 bits per heavy atom. The van der Waals surface area contributed by atoms with E-state index in [9.17, 15) is 4.79 Å². The zero-order chi connectivity index (χ0) is 28.5. The summed E-state index contributed by atoms with van der Waals surface area (Å²) in [5, 5.41) is 0. The molecule has 0 N–H and O–H groups in total. The third kappa shape index (κ3) is 34.3. The van der Waals surface area contributed by atoms with Crippen LogP contribution in [0.1, 0.15) is 47.0 Å². The van der Waals surface area contributed by atoms with Gasteiger partial charge in [0.1, 0.15) is 5.78 Å². The van der Waals surface area contributed by atoms with Crippen LogP contribution in [-0.4, -0.2) is 5.78 Å². The first-order valence-corrected chi connectivity index (χ1v) is 11.0. The van der Waals surface area contributed by atoms with E-state index in [0.29, 0.717) is 11.7 Å². The second-order valence-electron chi connectivity index (χ2n) is 6.91. The van der Waals surface area contributed by atoms with E-state index < -0.39 is 0 Å². The fourth-order valence-corrected chi connectivity index (χ4v) is 1.95. The zero-order valence-electron chi connectivity index (χ0n) is 21.8. The van der Waals surface area contributed by atoms with Crippen LogP contribution in [0.15, 0.2) is 11.6 Å². The second kappa shape index (κ2) is 28.7. The molecule has 0 saturated carbocycles. The van der Waals surface area contributed by atoms with Crippen LogP contribution in [0.3, 0.4) is 0 Å². The normalized spacial score (nSPS) is 6.47. The standard InChI is InChI=1S/C26H2.C11H20O/c1-3-5-7-9-11-13-15-17-19-21-23-25-26-24-22-20-18-16-14-12-10-8-6-4-2;1-9(2)6-5-7-10(3)8-11(4)12/h1-2H;6,10H,5,7-8H2,1-4H3/t;10-/m.0/s1. The van der Waals surface area contributed by atoms with Crippen molar-refractivity contribution >= 4 is 5.78 Å². The number of ketones is 1. The van der Waals surface area contributed by atoms with Crippen molar-refractivity contribution in [3.05, 3.63) is 11.6 Å². The maximum Gasteiger partial charge on any atom is 0.130 e. The van der Waals surface area contributed by atoms with Crippen molar-refractivity contribution in [1.29, 1.82) is 0 Å². The van der Waals surface area contributed by atoms with Gasteiger partial charge in [0.15, 0.2) is 0 Å². The number of rotatable bonds is 5. The van der Waals surface area contributed by atoms with Gasteiger partial charge in [-0.05, 0) is 134 Å². The van der Waals surface area contributed by atoms with Crippen LogP contribution in [0.25, 0.3) is 0 Å². The number of carbonyl (C=O) groups is 1. The molecule has 1 nitrogen and oxygen atoms in total. The average molecular weight is 483 g/mol. The van der Waals surface area contributed by atoms with Gasteiger partial charge in [-0.3, -0.25) is 0 Å². The number of terminal acetylenes is 2. The second-order valence-corrected chi connectivity index (χ2v) is 6.91. The van der Waals surface area contributed by atoms with Crippen LogP contribution in [0.4, 0.5) is 0 Å². The molecule has 0 bridgehead atoms. The van der Waals surface area contributed by atoms with Crippen LogP contribution >= 0.6 is 0 Å². The Hall–Kier alpha value is -6.31. The van der Waals surface area contributed by atoms with Gasteiger partial charge in [-0.25, -0.2) is 0 Å². The number of carbonyl (C=O) groups excluding carboxylic acids is 1. The van der Waals surface area contributed by atoms with E-state index in [1.807, 2.05) is 0 Å². The topological polar surface area (TPSA) is 17.1 Å². The molecule has 0 aliphatic carbocycles. The molecule has 1 atom stereocenters. The minimum absolute atomic E-state index is 0.305. The monoisotopic (exact) mass is 482 g/mol. The highest BCUT2D eigenvalue weighted by Gasteiger charge is 2.03. The molecule has 1 heteroatoms. The van der Waals surface area contributed by atoms with Crippen LogP contribution < -0.4 is 0 Å². The molecule has 0 rings (SSSR count). The smallest absolute Gasteiger partial charge is 0.130 e. The van der Waals surface area contributed by atoms with Crippen molar-refractivity contribution in [1.82, 2.24) is 0 Å². The predicted molar refractivity (Wildman–Crippen MR) is 156 cm³/mol. The molecule has 0 aromatic heterocycles. The Kier molecular flexibility index (Phi) is 25.6. The number of allylic oxidation sites excluding steroid dienone is 2. The Balaban J connectivity index is 0. The van der Waals surface area contributed by atoms with Crippen molar-refractivity contribution in [3.8, 4) is 155 Å². The van der Waals surface area contributed by atoms with Gasteiger partial charge >= 0.3 is 0 Å². The lowest BCUT2D eigenvalue weighted by molar-refractivity contribution is -0.117. The molecule has 0 amide bonds. The Morgan fingerprint density at radius 1 is 0.553 bits per heavy atom. The van der Waals surface area contributed by atoms with E-state index in [0.717, 1.165) is 19.3 Å². The summed E-state index contributed by atoms with van der Waals surface area (Å²) < 4.78 is 0. The van der Waals surface area contributed by atoms with Crippen molar-refractivity contribution < 1.29 is 4.79 Å². The Morgan fingerprint density at radius 2 is 0.816 bits per heavy atom. The summed E-state index contributed by atoms with van der Waals surface area (Å²) in [6.45, 7) is 8.02. The van der Waals surface area contributed by atoms with Gasteiger partial charge in [0.25, 0.3) is 0 Å². The SMILES string of the molecule is C#CC#CC#CC#CC#CC#CC#CC#CC#CC#CC#CC#CC#C.CC(=O)C[C@@H](C)CCC=C(C)C. The van der Waals surface area contributed by atoms with Crippen molar-refractivity contribution in [3.63, 3.8) is 0 Å². The molecular formula is C37H22O. The lowest BCUT2D eigenvalue weighted by Gasteiger charge is -2.06. The minimum Gasteiger partial charge on any atom is -0.300 e.